The zero-order valence-corrected chi connectivity index (χ0v) is 15.6. The molecule has 0 radical (unpaired) electrons. The largest absolute Gasteiger partial charge is 0.317 e. The van der Waals surface area contributed by atoms with Crippen molar-refractivity contribution in [2.75, 3.05) is 45.8 Å². The van der Waals surface area contributed by atoms with Crippen molar-refractivity contribution < 1.29 is 0 Å². The van der Waals surface area contributed by atoms with Crippen LogP contribution in [0.3, 0.4) is 0 Å². The molecule has 2 fully saturated rings. The molecule has 2 saturated heterocycles. The lowest BCUT2D eigenvalue weighted by Gasteiger charge is -2.40. The fraction of sp³-hybridized carbons (Fsp3) is 0.667. The Morgan fingerprint density at radius 3 is 2.43 bits per heavy atom. The Bertz CT molecular complexity index is 469. The lowest BCUT2D eigenvalue weighted by Crippen LogP contribution is -2.49. The monoisotopic (exact) mass is 357 g/mol. The van der Waals surface area contributed by atoms with Crippen molar-refractivity contribution in [3.05, 3.63) is 34.9 Å². The maximum Gasteiger partial charge on any atom is 0.0453 e. The standard InChI is InChI=1S/C18H28ClN3.ClH/c1-15(17-4-2-3-5-18(17)19)22-12-10-21(11-13-22)14-16-6-8-20-9-7-16;/h2-5,15-16,20H,6-14H2,1H3;1H. The van der Waals surface area contributed by atoms with Gasteiger partial charge in [0.05, 0.1) is 0 Å². The van der Waals surface area contributed by atoms with E-state index in [-0.39, 0.29) is 12.4 Å². The van der Waals surface area contributed by atoms with Crippen LogP contribution >= 0.6 is 24.0 Å². The summed E-state index contributed by atoms with van der Waals surface area (Å²) in [6.45, 7) is 10.7. The molecule has 1 N–H and O–H groups in total. The van der Waals surface area contributed by atoms with Gasteiger partial charge in [-0.25, -0.2) is 0 Å². The third-order valence-corrected chi connectivity index (χ3v) is 5.63. The molecular formula is C18H29Cl2N3. The van der Waals surface area contributed by atoms with Crippen LogP contribution in [0.1, 0.15) is 31.4 Å². The summed E-state index contributed by atoms with van der Waals surface area (Å²) >= 11 is 6.35. The second kappa shape index (κ2) is 9.24. The van der Waals surface area contributed by atoms with E-state index in [0.717, 1.165) is 24.0 Å². The summed E-state index contributed by atoms with van der Waals surface area (Å²) in [5, 5.41) is 4.35. The van der Waals surface area contributed by atoms with Crippen LogP contribution in [0.25, 0.3) is 0 Å². The van der Waals surface area contributed by atoms with Crippen LogP contribution in [0.2, 0.25) is 5.02 Å². The quantitative estimate of drug-likeness (QED) is 0.890. The average molecular weight is 358 g/mol. The molecule has 0 aliphatic carbocycles. The summed E-state index contributed by atoms with van der Waals surface area (Å²) < 4.78 is 0. The highest BCUT2D eigenvalue weighted by Crippen LogP contribution is 2.28. The van der Waals surface area contributed by atoms with E-state index in [1.165, 1.54) is 51.1 Å². The average Bonchev–Trinajstić information content (AvgIpc) is 2.56. The van der Waals surface area contributed by atoms with E-state index >= 15 is 0 Å². The molecule has 3 rings (SSSR count). The number of hydrogen-bond acceptors (Lipinski definition) is 3. The van der Waals surface area contributed by atoms with Gasteiger partial charge in [0, 0.05) is 43.8 Å². The Kier molecular flexibility index (Phi) is 7.64. The van der Waals surface area contributed by atoms with Gasteiger partial charge >= 0.3 is 0 Å². The predicted molar refractivity (Wildman–Crippen MR) is 101 cm³/mol. The lowest BCUT2D eigenvalue weighted by molar-refractivity contribution is 0.0869. The molecule has 23 heavy (non-hydrogen) atoms. The second-order valence-corrected chi connectivity index (χ2v) is 7.13. The molecule has 1 unspecified atom stereocenters. The predicted octanol–water partition coefficient (Wildman–Crippen LogP) is 3.44. The van der Waals surface area contributed by atoms with E-state index in [1.807, 2.05) is 12.1 Å². The minimum atomic E-state index is 0. The molecule has 130 valence electrons. The Hall–Kier alpha value is -0.320. The first-order valence-electron chi connectivity index (χ1n) is 8.65. The number of piperidine rings is 1. The van der Waals surface area contributed by atoms with E-state index in [2.05, 4.69) is 34.2 Å². The number of halogens is 2. The topological polar surface area (TPSA) is 18.5 Å². The molecule has 2 aliphatic heterocycles. The Morgan fingerprint density at radius 2 is 1.78 bits per heavy atom. The van der Waals surface area contributed by atoms with Gasteiger partial charge in [0.25, 0.3) is 0 Å². The van der Waals surface area contributed by atoms with Gasteiger partial charge in [0.1, 0.15) is 0 Å². The molecule has 0 spiro atoms. The summed E-state index contributed by atoms with van der Waals surface area (Å²) in [6.07, 6.45) is 2.69. The van der Waals surface area contributed by atoms with Gasteiger partial charge < -0.3 is 10.2 Å². The first-order chi connectivity index (χ1) is 10.7. The lowest BCUT2D eigenvalue weighted by atomic mass is 9.97. The highest BCUT2D eigenvalue weighted by atomic mass is 35.5. The summed E-state index contributed by atoms with van der Waals surface area (Å²) in [4.78, 5) is 5.23. The van der Waals surface area contributed by atoms with Crippen LogP contribution in [0, 0.1) is 5.92 Å². The first kappa shape index (κ1) is 19.0. The van der Waals surface area contributed by atoms with Gasteiger partial charge in [-0.15, -0.1) is 12.4 Å². The maximum atomic E-state index is 6.35. The van der Waals surface area contributed by atoms with Gasteiger partial charge in [-0.05, 0) is 50.4 Å². The van der Waals surface area contributed by atoms with Crippen molar-refractivity contribution in [3.8, 4) is 0 Å². The first-order valence-corrected chi connectivity index (χ1v) is 9.03. The SMILES string of the molecule is CC(c1ccccc1Cl)N1CCN(CC2CCNCC2)CC1.Cl. The maximum absolute atomic E-state index is 6.35. The molecule has 0 bridgehead atoms. The molecule has 0 amide bonds. The number of nitrogens with zero attached hydrogens (tertiary/aromatic N) is 2. The fourth-order valence-corrected chi connectivity index (χ4v) is 4.07. The smallest absolute Gasteiger partial charge is 0.0453 e. The van der Waals surface area contributed by atoms with Gasteiger partial charge in [-0.1, -0.05) is 29.8 Å². The zero-order valence-electron chi connectivity index (χ0n) is 14.0. The number of nitrogens with one attached hydrogen (secondary N) is 1. The summed E-state index contributed by atoms with van der Waals surface area (Å²) in [7, 11) is 0. The third kappa shape index (κ3) is 5.07. The molecule has 1 aromatic carbocycles. The van der Waals surface area contributed by atoms with Crippen LogP contribution in [0.4, 0.5) is 0 Å². The fourth-order valence-electron chi connectivity index (χ4n) is 3.77. The van der Waals surface area contributed by atoms with Crippen LogP contribution in [-0.2, 0) is 0 Å². The van der Waals surface area contributed by atoms with E-state index in [1.54, 1.807) is 0 Å². The molecule has 0 aromatic heterocycles. The molecule has 2 heterocycles. The van der Waals surface area contributed by atoms with Crippen LogP contribution < -0.4 is 5.32 Å². The normalized spacial score (nSPS) is 22.5. The van der Waals surface area contributed by atoms with Gasteiger partial charge in [-0.2, -0.15) is 0 Å². The van der Waals surface area contributed by atoms with Crippen molar-refractivity contribution in [2.24, 2.45) is 5.92 Å². The zero-order chi connectivity index (χ0) is 15.4. The van der Waals surface area contributed by atoms with Crippen molar-refractivity contribution in [3.63, 3.8) is 0 Å². The van der Waals surface area contributed by atoms with Gasteiger partial charge in [0.2, 0.25) is 0 Å². The van der Waals surface area contributed by atoms with E-state index < -0.39 is 0 Å². The van der Waals surface area contributed by atoms with Crippen molar-refractivity contribution in [1.82, 2.24) is 15.1 Å². The van der Waals surface area contributed by atoms with Crippen molar-refractivity contribution in [2.45, 2.75) is 25.8 Å². The number of benzene rings is 1. The van der Waals surface area contributed by atoms with Gasteiger partial charge in [-0.3, -0.25) is 4.90 Å². The highest BCUT2D eigenvalue weighted by molar-refractivity contribution is 6.31. The van der Waals surface area contributed by atoms with E-state index in [9.17, 15) is 0 Å². The molecule has 3 nitrogen and oxygen atoms in total. The number of piperazine rings is 1. The van der Waals surface area contributed by atoms with Crippen LogP contribution in [0.5, 0.6) is 0 Å². The highest BCUT2D eigenvalue weighted by Gasteiger charge is 2.25. The number of hydrogen-bond donors (Lipinski definition) is 1. The minimum absolute atomic E-state index is 0. The van der Waals surface area contributed by atoms with Crippen LogP contribution in [0.15, 0.2) is 24.3 Å². The van der Waals surface area contributed by atoms with Crippen molar-refractivity contribution in [1.29, 1.82) is 0 Å². The number of rotatable bonds is 4. The van der Waals surface area contributed by atoms with E-state index in [0.29, 0.717) is 6.04 Å². The molecule has 5 heteroatoms. The Balaban J connectivity index is 0.00000192. The molecular weight excluding hydrogens is 329 g/mol. The Labute approximate surface area is 151 Å². The molecule has 1 atom stereocenters. The van der Waals surface area contributed by atoms with E-state index in [4.69, 9.17) is 11.6 Å². The summed E-state index contributed by atoms with van der Waals surface area (Å²) in [6, 6.07) is 8.67. The third-order valence-electron chi connectivity index (χ3n) is 5.29. The van der Waals surface area contributed by atoms with Crippen LogP contribution in [-0.4, -0.2) is 55.6 Å². The van der Waals surface area contributed by atoms with Crippen molar-refractivity contribution >= 4 is 24.0 Å². The summed E-state index contributed by atoms with van der Waals surface area (Å²) in [5.74, 6) is 0.897. The molecule has 1 aromatic rings. The minimum Gasteiger partial charge on any atom is -0.317 e. The molecule has 2 aliphatic rings. The summed E-state index contributed by atoms with van der Waals surface area (Å²) in [5.41, 5.74) is 1.26. The molecule has 0 saturated carbocycles. The Morgan fingerprint density at radius 1 is 1.13 bits per heavy atom. The van der Waals surface area contributed by atoms with Gasteiger partial charge in [0.15, 0.2) is 0 Å². The second-order valence-electron chi connectivity index (χ2n) is 6.73.